The van der Waals surface area contributed by atoms with E-state index < -0.39 is 23.7 Å². The van der Waals surface area contributed by atoms with Crippen molar-refractivity contribution in [1.29, 1.82) is 0 Å². The van der Waals surface area contributed by atoms with Crippen molar-refractivity contribution in [3.05, 3.63) is 33.3 Å². The molecule has 0 saturated carbocycles. The van der Waals surface area contributed by atoms with Crippen LogP contribution in [0.1, 0.15) is 38.8 Å². The highest BCUT2D eigenvalue weighted by Gasteiger charge is 2.24. The molecule has 1 aromatic rings. The van der Waals surface area contributed by atoms with Gasteiger partial charge in [0.25, 0.3) is 0 Å². The van der Waals surface area contributed by atoms with E-state index in [1.807, 2.05) is 0 Å². The zero-order valence-corrected chi connectivity index (χ0v) is 14.3. The van der Waals surface area contributed by atoms with Gasteiger partial charge in [0.2, 0.25) is 0 Å². The number of ether oxygens (including phenoxy) is 1. The van der Waals surface area contributed by atoms with Gasteiger partial charge in [0.05, 0.1) is 12.5 Å². The van der Waals surface area contributed by atoms with Crippen LogP contribution in [0.4, 0.5) is 4.79 Å². The number of halogens is 2. The van der Waals surface area contributed by atoms with Gasteiger partial charge in [0.1, 0.15) is 5.60 Å². The Morgan fingerprint density at radius 1 is 1.43 bits per heavy atom. The van der Waals surface area contributed by atoms with Gasteiger partial charge in [-0.1, -0.05) is 33.6 Å². The molecule has 1 atom stereocenters. The van der Waals surface area contributed by atoms with Crippen molar-refractivity contribution < 1.29 is 19.4 Å². The maximum Gasteiger partial charge on any atom is 0.408 e. The van der Waals surface area contributed by atoms with Gasteiger partial charge in [-0.05, 0) is 38.5 Å². The van der Waals surface area contributed by atoms with Crippen molar-refractivity contribution in [2.45, 2.75) is 38.8 Å². The standard InChI is InChI=1S/C14H17BrClNO4/c1-14(2,3)21-13(20)17-11(7-12(18)19)9-5-4-8(15)6-10(9)16/h4-6,11H,7H2,1-3H3,(H,17,20)(H,18,19)/t11-/m1/s1. The van der Waals surface area contributed by atoms with Crippen LogP contribution >= 0.6 is 27.5 Å². The van der Waals surface area contributed by atoms with Crippen LogP contribution in [-0.2, 0) is 9.53 Å². The number of nitrogens with one attached hydrogen (secondary N) is 1. The summed E-state index contributed by atoms with van der Waals surface area (Å²) in [6, 6.07) is 4.27. The molecular weight excluding hydrogens is 362 g/mol. The molecule has 5 nitrogen and oxygen atoms in total. The highest BCUT2D eigenvalue weighted by atomic mass is 79.9. The van der Waals surface area contributed by atoms with Gasteiger partial charge in [-0.3, -0.25) is 4.79 Å². The molecular formula is C14H17BrClNO4. The normalized spacial score (nSPS) is 12.6. The number of alkyl carbamates (subject to hydrolysis) is 1. The molecule has 0 aromatic heterocycles. The van der Waals surface area contributed by atoms with Crippen LogP contribution in [0.15, 0.2) is 22.7 Å². The van der Waals surface area contributed by atoms with E-state index in [0.29, 0.717) is 10.6 Å². The minimum Gasteiger partial charge on any atom is -0.481 e. The highest BCUT2D eigenvalue weighted by molar-refractivity contribution is 9.10. The second-order valence-electron chi connectivity index (χ2n) is 5.46. The van der Waals surface area contributed by atoms with Crippen molar-refractivity contribution in [1.82, 2.24) is 5.32 Å². The predicted molar refractivity (Wildman–Crippen MR) is 83.5 cm³/mol. The first-order valence-electron chi connectivity index (χ1n) is 6.25. The molecule has 0 saturated heterocycles. The molecule has 2 N–H and O–H groups in total. The number of carboxylic acids is 1. The lowest BCUT2D eigenvalue weighted by atomic mass is 10.0. The average Bonchev–Trinajstić information content (AvgIpc) is 2.24. The molecule has 116 valence electrons. The predicted octanol–water partition coefficient (Wildman–Crippen LogP) is 4.14. The van der Waals surface area contributed by atoms with E-state index in [1.54, 1.807) is 39.0 Å². The van der Waals surface area contributed by atoms with Crippen molar-refractivity contribution in [2.75, 3.05) is 0 Å². The largest absolute Gasteiger partial charge is 0.481 e. The molecule has 0 spiro atoms. The Bertz CT molecular complexity index is 542. The number of carboxylic acid groups (broad SMARTS) is 1. The average molecular weight is 379 g/mol. The first-order valence-corrected chi connectivity index (χ1v) is 7.42. The fraction of sp³-hybridized carbons (Fsp3) is 0.429. The number of rotatable bonds is 4. The van der Waals surface area contributed by atoms with Crippen LogP contribution in [0, 0.1) is 0 Å². The Morgan fingerprint density at radius 3 is 2.52 bits per heavy atom. The van der Waals surface area contributed by atoms with E-state index in [4.69, 9.17) is 21.4 Å². The monoisotopic (exact) mass is 377 g/mol. The van der Waals surface area contributed by atoms with Crippen molar-refractivity contribution in [3.8, 4) is 0 Å². The zero-order chi connectivity index (χ0) is 16.2. The van der Waals surface area contributed by atoms with Gasteiger partial charge in [-0.2, -0.15) is 0 Å². The lowest BCUT2D eigenvalue weighted by Crippen LogP contribution is -2.35. The summed E-state index contributed by atoms with van der Waals surface area (Å²) in [4.78, 5) is 22.8. The lowest BCUT2D eigenvalue weighted by molar-refractivity contribution is -0.137. The Morgan fingerprint density at radius 2 is 2.05 bits per heavy atom. The number of hydrogen-bond acceptors (Lipinski definition) is 3. The maximum absolute atomic E-state index is 11.8. The van der Waals surface area contributed by atoms with Crippen LogP contribution in [0.25, 0.3) is 0 Å². The lowest BCUT2D eigenvalue weighted by Gasteiger charge is -2.23. The van der Waals surface area contributed by atoms with Gasteiger partial charge in [0.15, 0.2) is 0 Å². The second kappa shape index (κ2) is 7.13. The topological polar surface area (TPSA) is 75.6 Å². The van der Waals surface area contributed by atoms with Crippen molar-refractivity contribution >= 4 is 39.6 Å². The third-order valence-corrected chi connectivity index (χ3v) is 3.23. The molecule has 1 aromatic carbocycles. The summed E-state index contributed by atoms with van der Waals surface area (Å²) in [5.41, 5.74) is -0.144. The molecule has 0 aliphatic rings. The molecule has 1 rings (SSSR count). The third kappa shape index (κ3) is 6.35. The van der Waals surface area contributed by atoms with E-state index >= 15 is 0 Å². The van der Waals surface area contributed by atoms with E-state index in [2.05, 4.69) is 21.2 Å². The molecule has 0 heterocycles. The van der Waals surface area contributed by atoms with E-state index in [9.17, 15) is 9.59 Å². The zero-order valence-electron chi connectivity index (χ0n) is 11.9. The Hall–Kier alpha value is -1.27. The van der Waals surface area contributed by atoms with Crippen molar-refractivity contribution in [2.24, 2.45) is 0 Å². The van der Waals surface area contributed by atoms with Gasteiger partial charge in [-0.25, -0.2) is 4.79 Å². The summed E-state index contributed by atoms with van der Waals surface area (Å²) in [7, 11) is 0. The van der Waals surface area contributed by atoms with Crippen LogP contribution in [-0.4, -0.2) is 22.8 Å². The number of carbonyl (C=O) groups is 2. The molecule has 0 fully saturated rings. The van der Waals surface area contributed by atoms with Crippen LogP contribution in [0.5, 0.6) is 0 Å². The SMILES string of the molecule is CC(C)(C)OC(=O)N[C@H](CC(=O)O)c1ccc(Br)cc1Cl. The summed E-state index contributed by atoms with van der Waals surface area (Å²) >= 11 is 9.38. The van der Waals surface area contributed by atoms with Crippen molar-refractivity contribution in [3.63, 3.8) is 0 Å². The summed E-state index contributed by atoms with van der Waals surface area (Å²) in [5, 5.41) is 11.9. The number of aliphatic carboxylic acids is 1. The number of hydrogen-bond donors (Lipinski definition) is 2. The fourth-order valence-corrected chi connectivity index (χ4v) is 2.45. The molecule has 0 unspecified atom stereocenters. The van der Waals surface area contributed by atoms with Gasteiger partial charge in [-0.15, -0.1) is 0 Å². The summed E-state index contributed by atoms with van der Waals surface area (Å²) < 4.78 is 5.91. The number of carbonyl (C=O) groups excluding carboxylic acids is 1. The fourth-order valence-electron chi connectivity index (χ4n) is 1.65. The number of amides is 1. The minimum atomic E-state index is -1.05. The molecule has 1 amide bonds. The van der Waals surface area contributed by atoms with E-state index in [-0.39, 0.29) is 6.42 Å². The third-order valence-electron chi connectivity index (χ3n) is 2.41. The van der Waals surface area contributed by atoms with E-state index in [1.165, 1.54) is 0 Å². The minimum absolute atomic E-state index is 0.291. The van der Waals surface area contributed by atoms with Gasteiger partial charge < -0.3 is 15.2 Å². The summed E-state index contributed by atoms with van der Waals surface area (Å²) in [6.45, 7) is 5.18. The Kier molecular flexibility index (Phi) is 6.04. The van der Waals surface area contributed by atoms with Crippen LogP contribution in [0.2, 0.25) is 5.02 Å². The first-order chi connectivity index (χ1) is 9.58. The van der Waals surface area contributed by atoms with Gasteiger partial charge in [0, 0.05) is 9.50 Å². The van der Waals surface area contributed by atoms with Crippen LogP contribution < -0.4 is 5.32 Å². The summed E-state index contributed by atoms with van der Waals surface area (Å²) in [6.07, 6.45) is -0.978. The quantitative estimate of drug-likeness (QED) is 0.825. The molecule has 0 aliphatic carbocycles. The van der Waals surface area contributed by atoms with E-state index in [0.717, 1.165) is 4.47 Å². The Labute approximate surface area is 136 Å². The summed E-state index contributed by atoms with van der Waals surface area (Å²) in [5.74, 6) is -1.05. The smallest absolute Gasteiger partial charge is 0.408 e. The highest BCUT2D eigenvalue weighted by Crippen LogP contribution is 2.28. The molecule has 0 aliphatic heterocycles. The maximum atomic E-state index is 11.8. The van der Waals surface area contributed by atoms with Gasteiger partial charge >= 0.3 is 12.1 Å². The Balaban J connectivity index is 2.95. The first kappa shape index (κ1) is 17.8. The van der Waals surface area contributed by atoms with Crippen LogP contribution in [0.3, 0.4) is 0 Å². The molecule has 0 bridgehead atoms. The second-order valence-corrected chi connectivity index (χ2v) is 6.79. The molecule has 0 radical (unpaired) electrons. The molecule has 21 heavy (non-hydrogen) atoms. The molecule has 7 heteroatoms. The number of benzene rings is 1.